The third-order valence-corrected chi connectivity index (χ3v) is 3.51. The predicted octanol–water partition coefficient (Wildman–Crippen LogP) is 5.64. The SMILES string of the molecule is CCCCN(C=CC(CC)CC=CCC(C)C)CC. The van der Waals surface area contributed by atoms with E-state index in [1.54, 1.807) is 0 Å². The topological polar surface area (TPSA) is 3.24 Å². The Labute approximate surface area is 121 Å². The van der Waals surface area contributed by atoms with Crippen molar-refractivity contribution in [3.63, 3.8) is 0 Å². The van der Waals surface area contributed by atoms with E-state index in [4.69, 9.17) is 0 Å². The normalized spacial score (nSPS) is 13.8. The lowest BCUT2D eigenvalue weighted by atomic mass is 10.0. The molecule has 0 aromatic carbocycles. The number of hydrogen-bond donors (Lipinski definition) is 0. The number of unbranched alkanes of at least 4 members (excludes halogenated alkanes) is 1. The Bertz CT molecular complexity index is 240. The quantitative estimate of drug-likeness (QED) is 0.437. The van der Waals surface area contributed by atoms with Crippen molar-refractivity contribution in [1.29, 1.82) is 0 Å². The maximum absolute atomic E-state index is 2.43. The van der Waals surface area contributed by atoms with Gasteiger partial charge in [-0.25, -0.2) is 0 Å². The van der Waals surface area contributed by atoms with Gasteiger partial charge in [-0.15, -0.1) is 0 Å². The summed E-state index contributed by atoms with van der Waals surface area (Å²) in [6, 6.07) is 0. The molecule has 0 fully saturated rings. The maximum atomic E-state index is 2.43. The van der Waals surface area contributed by atoms with E-state index < -0.39 is 0 Å². The predicted molar refractivity (Wildman–Crippen MR) is 88.3 cm³/mol. The van der Waals surface area contributed by atoms with Crippen molar-refractivity contribution in [3.8, 4) is 0 Å². The highest BCUT2D eigenvalue weighted by Crippen LogP contribution is 2.12. The first-order valence-electron chi connectivity index (χ1n) is 8.21. The molecule has 0 radical (unpaired) electrons. The summed E-state index contributed by atoms with van der Waals surface area (Å²) >= 11 is 0. The lowest BCUT2D eigenvalue weighted by Crippen LogP contribution is -2.18. The van der Waals surface area contributed by atoms with Gasteiger partial charge in [0.05, 0.1) is 0 Å². The van der Waals surface area contributed by atoms with Gasteiger partial charge in [-0.2, -0.15) is 0 Å². The molecule has 1 heteroatoms. The van der Waals surface area contributed by atoms with Crippen LogP contribution in [0, 0.1) is 11.8 Å². The van der Waals surface area contributed by atoms with Crippen LogP contribution in [0.3, 0.4) is 0 Å². The Hall–Kier alpha value is -0.720. The highest BCUT2D eigenvalue weighted by atomic mass is 15.1. The van der Waals surface area contributed by atoms with E-state index >= 15 is 0 Å². The molecule has 0 spiro atoms. The van der Waals surface area contributed by atoms with Gasteiger partial charge in [0.15, 0.2) is 0 Å². The van der Waals surface area contributed by atoms with Crippen molar-refractivity contribution in [2.45, 2.75) is 66.7 Å². The third kappa shape index (κ3) is 10.9. The minimum Gasteiger partial charge on any atom is -0.378 e. The first kappa shape index (κ1) is 18.3. The molecule has 19 heavy (non-hydrogen) atoms. The van der Waals surface area contributed by atoms with Crippen LogP contribution in [0.4, 0.5) is 0 Å². The molecule has 1 atom stereocenters. The van der Waals surface area contributed by atoms with E-state index in [1.807, 2.05) is 0 Å². The van der Waals surface area contributed by atoms with Crippen molar-refractivity contribution >= 4 is 0 Å². The van der Waals surface area contributed by atoms with Crippen LogP contribution in [-0.2, 0) is 0 Å². The zero-order valence-electron chi connectivity index (χ0n) is 13.9. The summed E-state index contributed by atoms with van der Waals surface area (Å²) < 4.78 is 0. The van der Waals surface area contributed by atoms with Gasteiger partial charge in [-0.1, -0.05) is 52.3 Å². The summed E-state index contributed by atoms with van der Waals surface area (Å²) in [7, 11) is 0. The molecule has 0 saturated heterocycles. The number of allylic oxidation sites excluding steroid dienone is 3. The van der Waals surface area contributed by atoms with Gasteiger partial charge >= 0.3 is 0 Å². The van der Waals surface area contributed by atoms with Gasteiger partial charge in [-0.3, -0.25) is 0 Å². The van der Waals surface area contributed by atoms with Crippen LogP contribution in [0.5, 0.6) is 0 Å². The standard InChI is InChI=1S/C18H35N/c1-6-9-15-19(8-3)16-14-18(7-2)13-11-10-12-17(4)5/h10-11,14,16-18H,6-9,12-13,15H2,1-5H3. The molecule has 0 N–H and O–H groups in total. The third-order valence-electron chi connectivity index (χ3n) is 3.51. The van der Waals surface area contributed by atoms with Crippen LogP contribution in [0.25, 0.3) is 0 Å². The fraction of sp³-hybridized carbons (Fsp3) is 0.778. The second-order valence-electron chi connectivity index (χ2n) is 5.83. The summed E-state index contributed by atoms with van der Waals surface area (Å²) in [6.07, 6.45) is 15.6. The van der Waals surface area contributed by atoms with Gasteiger partial charge < -0.3 is 4.90 Å². The summed E-state index contributed by atoms with van der Waals surface area (Å²) in [4.78, 5) is 2.43. The maximum Gasteiger partial charge on any atom is 0.0172 e. The minimum atomic E-state index is 0.694. The molecular weight excluding hydrogens is 230 g/mol. The molecule has 0 saturated carbocycles. The largest absolute Gasteiger partial charge is 0.378 e. The molecule has 0 heterocycles. The van der Waals surface area contributed by atoms with Gasteiger partial charge in [0.1, 0.15) is 0 Å². The molecule has 0 bridgehead atoms. The van der Waals surface area contributed by atoms with Gasteiger partial charge in [-0.05, 0) is 50.6 Å². The van der Waals surface area contributed by atoms with Crippen molar-refractivity contribution in [2.24, 2.45) is 11.8 Å². The Kier molecular flexibility index (Phi) is 11.9. The molecule has 0 aliphatic carbocycles. The smallest absolute Gasteiger partial charge is 0.0172 e. The molecule has 112 valence electrons. The van der Waals surface area contributed by atoms with Crippen LogP contribution in [0.15, 0.2) is 24.4 Å². The highest BCUT2D eigenvalue weighted by Gasteiger charge is 2.01. The van der Waals surface area contributed by atoms with Crippen LogP contribution in [0.1, 0.15) is 66.7 Å². The van der Waals surface area contributed by atoms with Crippen LogP contribution < -0.4 is 0 Å². The molecule has 0 aromatic rings. The lowest BCUT2D eigenvalue weighted by Gasteiger charge is -2.18. The molecule has 0 aliphatic rings. The molecule has 0 rings (SSSR count). The molecule has 1 nitrogen and oxygen atoms in total. The monoisotopic (exact) mass is 265 g/mol. The Morgan fingerprint density at radius 1 is 1.00 bits per heavy atom. The van der Waals surface area contributed by atoms with Gasteiger partial charge in [0.25, 0.3) is 0 Å². The van der Waals surface area contributed by atoms with Crippen LogP contribution >= 0.6 is 0 Å². The summed E-state index contributed by atoms with van der Waals surface area (Å²) in [6.45, 7) is 13.6. The first-order valence-corrected chi connectivity index (χ1v) is 8.21. The van der Waals surface area contributed by atoms with E-state index in [-0.39, 0.29) is 0 Å². The van der Waals surface area contributed by atoms with Gasteiger partial charge in [0, 0.05) is 13.1 Å². The van der Waals surface area contributed by atoms with Crippen LogP contribution in [0.2, 0.25) is 0 Å². The number of rotatable bonds is 11. The second kappa shape index (κ2) is 12.3. The molecule has 1 unspecified atom stereocenters. The zero-order valence-corrected chi connectivity index (χ0v) is 13.9. The van der Waals surface area contributed by atoms with Crippen molar-refractivity contribution in [2.75, 3.05) is 13.1 Å². The van der Waals surface area contributed by atoms with Gasteiger partial charge in [0.2, 0.25) is 0 Å². The average Bonchev–Trinajstić information content (AvgIpc) is 2.40. The van der Waals surface area contributed by atoms with E-state index in [0.29, 0.717) is 5.92 Å². The van der Waals surface area contributed by atoms with E-state index in [0.717, 1.165) is 12.5 Å². The van der Waals surface area contributed by atoms with Crippen LogP contribution in [-0.4, -0.2) is 18.0 Å². The van der Waals surface area contributed by atoms with Crippen molar-refractivity contribution in [3.05, 3.63) is 24.4 Å². The van der Waals surface area contributed by atoms with E-state index in [9.17, 15) is 0 Å². The summed E-state index contributed by atoms with van der Waals surface area (Å²) in [5.41, 5.74) is 0. The van der Waals surface area contributed by atoms with Crippen molar-refractivity contribution < 1.29 is 0 Å². The Balaban J connectivity index is 4.10. The second-order valence-corrected chi connectivity index (χ2v) is 5.83. The molecule has 0 aromatic heterocycles. The molecule has 0 amide bonds. The zero-order chi connectivity index (χ0) is 14.5. The number of hydrogen-bond acceptors (Lipinski definition) is 1. The average molecular weight is 265 g/mol. The fourth-order valence-electron chi connectivity index (χ4n) is 1.96. The Morgan fingerprint density at radius 3 is 2.21 bits per heavy atom. The summed E-state index contributed by atoms with van der Waals surface area (Å²) in [5.74, 6) is 1.47. The molecular formula is C18H35N. The summed E-state index contributed by atoms with van der Waals surface area (Å²) in [5, 5.41) is 0. The van der Waals surface area contributed by atoms with Crippen molar-refractivity contribution in [1.82, 2.24) is 4.90 Å². The van der Waals surface area contributed by atoms with E-state index in [2.05, 4.69) is 63.9 Å². The molecule has 0 aliphatic heterocycles. The Morgan fingerprint density at radius 2 is 1.68 bits per heavy atom. The first-order chi connectivity index (χ1) is 9.13. The number of nitrogens with zero attached hydrogens (tertiary/aromatic N) is 1. The van der Waals surface area contributed by atoms with E-state index in [1.165, 1.54) is 38.6 Å². The minimum absolute atomic E-state index is 0.694. The highest BCUT2D eigenvalue weighted by molar-refractivity contribution is 4.93. The fourth-order valence-corrected chi connectivity index (χ4v) is 1.96. The lowest BCUT2D eigenvalue weighted by molar-refractivity contribution is 0.382.